The number of nitrogens with zero attached hydrogens (tertiary/aromatic N) is 15. The first-order valence-corrected chi connectivity index (χ1v) is 44.6. The van der Waals surface area contributed by atoms with Crippen LogP contribution in [0.5, 0.6) is 23.0 Å². The lowest BCUT2D eigenvalue weighted by Gasteiger charge is -2.35. The van der Waals surface area contributed by atoms with Crippen LogP contribution in [-0.2, 0) is 14.4 Å². The summed E-state index contributed by atoms with van der Waals surface area (Å²) in [6, 6.07) is 65.7. The highest BCUT2D eigenvalue weighted by molar-refractivity contribution is 6.44. The predicted molar refractivity (Wildman–Crippen MR) is 524 cm³/mol. The summed E-state index contributed by atoms with van der Waals surface area (Å²) < 4.78 is 46.4. The minimum Gasteiger partial charge on any atom is -0.533 e. The average molecular weight is 1900 g/mol. The number of rotatable bonds is 15. The molecule has 0 aliphatic carbocycles. The highest BCUT2D eigenvalue weighted by atomic mass is 35.5. The second-order valence-electron chi connectivity index (χ2n) is 31.0. The summed E-state index contributed by atoms with van der Waals surface area (Å²) in [5, 5.41) is 83.6. The molecule has 4 fully saturated rings. The number of aromatic nitrogens is 8. The number of amides is 3. The Morgan fingerprint density at radius 2 is 0.579 bits per heavy atom. The Hall–Kier alpha value is -13.6. The number of phenols is 3. The number of para-hydroxylation sites is 1. The number of halogens is 9. The number of fused-ring (bicyclic) bond motifs is 4. The van der Waals surface area contributed by atoms with Gasteiger partial charge in [-0.1, -0.05) is 229 Å². The summed E-state index contributed by atoms with van der Waals surface area (Å²) in [4.78, 5) is 49.6. The molecule has 4 aromatic heterocycles. The van der Waals surface area contributed by atoms with Crippen LogP contribution in [0.3, 0.4) is 0 Å². The van der Waals surface area contributed by atoms with Crippen LogP contribution in [0.1, 0.15) is 19.3 Å². The van der Waals surface area contributed by atoms with Crippen molar-refractivity contribution in [2.45, 2.75) is 19.3 Å². The lowest BCUT2D eigenvalue weighted by molar-refractivity contribution is -0.127. The molecule has 4 aliphatic heterocycles. The second kappa shape index (κ2) is 43.2. The van der Waals surface area contributed by atoms with Crippen molar-refractivity contribution < 1.29 is 52.6 Å². The molecule has 0 bridgehead atoms. The van der Waals surface area contributed by atoms with Crippen LogP contribution in [0.25, 0.3) is 110 Å². The summed E-state index contributed by atoms with van der Waals surface area (Å²) in [5.41, 5.74) is 7.39. The second-order valence-corrected chi connectivity index (χ2v) is 33.5. The fraction of sp³-hybridized carbons (Fsp3) is 0.170. The van der Waals surface area contributed by atoms with E-state index >= 15 is 0 Å². The number of piperidine rings is 1. The smallest absolute Gasteiger partial charge is 0.533 e. The first-order chi connectivity index (χ1) is 64.5. The highest BCUT2D eigenvalue weighted by Gasteiger charge is 2.31. The normalized spacial score (nSPS) is 13.7. The molecule has 23 nitrogen and oxygen atoms in total. The van der Waals surface area contributed by atoms with Crippen LogP contribution in [0.15, 0.2) is 262 Å². The van der Waals surface area contributed by atoms with Gasteiger partial charge in [0.15, 0.2) is 40.6 Å². The van der Waals surface area contributed by atoms with Gasteiger partial charge in [0, 0.05) is 178 Å². The van der Waals surface area contributed by atoms with Gasteiger partial charge in [-0.05, 0) is 122 Å². The number of phenolic OH excluding ortho intramolecular Hbond substituents is 3. The number of aromatic hydroxyl groups is 3. The molecule has 19 rings (SSSR count). The molecule has 8 heterocycles. The summed E-state index contributed by atoms with van der Waals surface area (Å²) in [6.45, 7) is 19.6. The third-order valence-corrected chi connectivity index (χ3v) is 25.0. The van der Waals surface area contributed by atoms with E-state index in [2.05, 4.69) is 84.8 Å². The first-order valence-electron chi connectivity index (χ1n) is 42.3. The van der Waals surface area contributed by atoms with Gasteiger partial charge in [0.2, 0.25) is 17.7 Å². The maximum Gasteiger partial charge on any atom is 0.569 e. The van der Waals surface area contributed by atoms with E-state index in [9.17, 15) is 37.8 Å². The van der Waals surface area contributed by atoms with Crippen molar-refractivity contribution in [1.29, 1.82) is 0 Å². The van der Waals surface area contributed by atoms with E-state index in [1.165, 1.54) is 86.0 Å². The fourth-order valence-corrected chi connectivity index (χ4v) is 17.4. The van der Waals surface area contributed by atoms with Crippen molar-refractivity contribution in [2.75, 3.05) is 111 Å². The Bertz CT molecular complexity index is 6790. The topological polar surface area (TPSA) is 267 Å². The van der Waals surface area contributed by atoms with Gasteiger partial charge in [-0.2, -0.15) is 0 Å². The van der Waals surface area contributed by atoms with Gasteiger partial charge in [0.05, 0.1) is 31.2 Å². The minimum atomic E-state index is -0.727. The van der Waals surface area contributed by atoms with Crippen LogP contribution in [-0.4, -0.2) is 193 Å². The van der Waals surface area contributed by atoms with Crippen molar-refractivity contribution in [3.05, 3.63) is 310 Å². The largest absolute Gasteiger partial charge is 0.569 e. The molecule has 0 spiro atoms. The Kier molecular flexibility index (Phi) is 30.5. The van der Waals surface area contributed by atoms with E-state index in [0.29, 0.717) is 140 Å². The number of hydrogen-bond donors (Lipinski definition) is 4. The van der Waals surface area contributed by atoms with E-state index in [4.69, 9.17) is 79.7 Å². The Morgan fingerprint density at radius 1 is 0.316 bits per heavy atom. The van der Waals surface area contributed by atoms with Gasteiger partial charge in [-0.15, -0.1) is 40.8 Å². The zero-order chi connectivity index (χ0) is 93.5. The van der Waals surface area contributed by atoms with Crippen molar-refractivity contribution in [3.8, 4) is 90.3 Å². The van der Waals surface area contributed by atoms with Crippen LogP contribution < -0.4 is 24.3 Å². The number of hydrogen-bond acceptors (Lipinski definition) is 20. The SMILES string of the molecule is C=CC(=O)N1CCN(c2nnc(-c3ccccc3)c3cc(-c4c(O)cccc4F)c(Cl)cc23)CC1.C=CC(=O)N1CCN(c2nnc(-c3ccccc3)c3cc(Cl)c(-c4c(O)cccc4F)cc23)CC1.C=CC(=O)N1CCN(c2nnc(-c3ccccc3)c3cc(Cl)c(Cl)cc23)CC1.Clc1cc2c(-c3ccccc3)nnc(N3CCCCC3)c2cc1Cl.O[B]Oc1c(O)cccc1F. The summed E-state index contributed by atoms with van der Waals surface area (Å²) in [7, 11) is 0.304. The molecule has 11 aromatic carbocycles. The molecule has 0 unspecified atom stereocenters. The van der Waals surface area contributed by atoms with Gasteiger partial charge >= 0.3 is 7.69 Å². The fourth-order valence-electron chi connectivity index (χ4n) is 16.3. The molecule has 1 radical (unpaired) electrons. The molecule has 33 heteroatoms. The molecule has 4 saturated heterocycles. The summed E-state index contributed by atoms with van der Waals surface area (Å²) in [5.74, 6) is -0.357. The zero-order valence-corrected chi connectivity index (χ0v) is 75.9. The van der Waals surface area contributed by atoms with E-state index in [-0.39, 0.29) is 61.9 Å². The zero-order valence-electron chi connectivity index (χ0n) is 71.3. The minimum absolute atomic E-state index is 0.0322. The molecular formula is C100H84BCl6F3N15O8. The van der Waals surface area contributed by atoms with Crippen molar-refractivity contribution >= 4 is 161 Å². The molecule has 673 valence electrons. The van der Waals surface area contributed by atoms with E-state index < -0.39 is 17.5 Å². The molecule has 4 N–H and O–H groups in total. The van der Waals surface area contributed by atoms with Crippen molar-refractivity contribution in [1.82, 2.24) is 55.5 Å². The van der Waals surface area contributed by atoms with Crippen LogP contribution in [0.2, 0.25) is 30.1 Å². The van der Waals surface area contributed by atoms with Crippen LogP contribution >= 0.6 is 69.6 Å². The lowest BCUT2D eigenvalue weighted by Crippen LogP contribution is -2.48. The van der Waals surface area contributed by atoms with E-state index in [1.807, 2.05) is 146 Å². The third-order valence-electron chi connectivity index (χ3n) is 23.0. The standard InChI is InChI=1S/2C27H22ClFN4O2.C21H18Cl2N4O.C19H17Cl2N3.C6H5BFO3/c1-2-24(35)32-11-13-33(14-12-32)27-19-15-20(25-22(29)9-6-10-23(25)34)21(28)16-18(19)26(30-31-27)17-7-4-3-5-8-17;1-2-24(35)32-11-13-33(14-12-32)27-19-16-21(28)20(25-22(29)9-6-10-23(25)34)15-18(19)26(30-31-27)17-7-4-3-5-8-17;1-2-19(28)26-8-10-27(11-9-26)21-16-13-18(23)17(22)12-15(16)20(24-25-21)14-6-4-3-5-7-14;20-16-11-14-15(12-17(16)21)19(24-9-5-2-6-10-24)23-22-18(14)13-7-3-1-4-8-13;8-4-2-1-3-5(9)6(4)11-7-10/h2*2-10,15-16,34H,1,11-14H2;2-7,12-13H,1,8-11H2;1,3-4,7-8,11-12H,2,5-6,9-10H2;1-3,9-10H. The Balaban J connectivity index is 0.000000131. The molecule has 3 amide bonds. The van der Waals surface area contributed by atoms with Crippen LogP contribution in [0, 0.1) is 17.5 Å². The summed E-state index contributed by atoms with van der Waals surface area (Å²) >= 11 is 38.5. The maximum atomic E-state index is 14.8. The van der Waals surface area contributed by atoms with Gasteiger partial charge in [-0.25, -0.2) is 13.2 Å². The number of anilines is 4. The molecule has 133 heavy (non-hydrogen) atoms. The Morgan fingerprint density at radius 3 is 0.880 bits per heavy atom. The Labute approximate surface area is 794 Å². The molecule has 0 atom stereocenters. The predicted octanol–water partition coefficient (Wildman–Crippen LogP) is 21.1. The third kappa shape index (κ3) is 21.1. The monoisotopic (exact) mass is 1900 g/mol. The molecule has 4 aliphatic rings. The molecule has 15 aromatic rings. The maximum absolute atomic E-state index is 14.8. The lowest BCUT2D eigenvalue weighted by atomic mass is 9.97. The molecular weight excluding hydrogens is 1820 g/mol. The number of carbonyl (C=O) groups is 3. The number of carbonyl (C=O) groups excluding carboxylic acids is 3. The van der Waals surface area contributed by atoms with Gasteiger partial charge in [-0.3, -0.25) is 14.4 Å². The highest BCUT2D eigenvalue weighted by Crippen LogP contribution is 2.47. The number of piperazine rings is 3. The van der Waals surface area contributed by atoms with E-state index in [1.54, 1.807) is 39.0 Å². The summed E-state index contributed by atoms with van der Waals surface area (Å²) in [6.07, 6.45) is 7.63. The molecule has 0 saturated carbocycles. The quantitative estimate of drug-likeness (QED) is 0.0549. The van der Waals surface area contributed by atoms with Crippen molar-refractivity contribution in [2.24, 2.45) is 0 Å². The van der Waals surface area contributed by atoms with Gasteiger partial charge in [0.1, 0.15) is 45.9 Å². The average Bonchev–Trinajstić information content (AvgIpc) is 0.759. The van der Waals surface area contributed by atoms with Gasteiger partial charge in [0.25, 0.3) is 0 Å². The van der Waals surface area contributed by atoms with Crippen molar-refractivity contribution in [3.63, 3.8) is 0 Å². The van der Waals surface area contributed by atoms with Gasteiger partial charge < -0.3 is 59.3 Å². The van der Waals surface area contributed by atoms with Crippen LogP contribution in [0.4, 0.5) is 36.4 Å². The van der Waals surface area contributed by atoms with E-state index in [0.717, 1.165) is 108 Å². The first kappa shape index (κ1) is 94.0. The number of benzene rings is 11.